The fourth-order valence-electron chi connectivity index (χ4n) is 1.77. The van der Waals surface area contributed by atoms with Gasteiger partial charge in [0.1, 0.15) is 5.76 Å². The standard InChI is InChI=1S/C12H21N3O4S/c1-10(2)13-9-11-3-4-12(19-11)20(16,17)14-15-5-7-18-8-6-15/h3-4,10,13-14H,5-9H2,1-2H3. The second kappa shape index (κ2) is 6.68. The van der Waals surface area contributed by atoms with E-state index in [1.54, 1.807) is 11.1 Å². The fraction of sp³-hybridized carbons (Fsp3) is 0.667. The number of hydrogen-bond acceptors (Lipinski definition) is 6. The van der Waals surface area contributed by atoms with Crippen LogP contribution in [0.15, 0.2) is 21.6 Å². The minimum absolute atomic E-state index is 0.0652. The Hall–Kier alpha value is -0.930. The Balaban J connectivity index is 1.98. The number of nitrogens with one attached hydrogen (secondary N) is 2. The van der Waals surface area contributed by atoms with Crippen LogP contribution in [0.1, 0.15) is 19.6 Å². The van der Waals surface area contributed by atoms with Gasteiger partial charge in [-0.2, -0.15) is 0 Å². The summed E-state index contributed by atoms with van der Waals surface area (Å²) >= 11 is 0. The van der Waals surface area contributed by atoms with Gasteiger partial charge in [0, 0.05) is 19.1 Å². The zero-order valence-electron chi connectivity index (χ0n) is 11.8. The highest BCUT2D eigenvalue weighted by Gasteiger charge is 2.23. The van der Waals surface area contributed by atoms with Crippen molar-refractivity contribution in [2.24, 2.45) is 0 Å². The zero-order valence-corrected chi connectivity index (χ0v) is 12.6. The summed E-state index contributed by atoms with van der Waals surface area (Å²) in [6, 6.07) is 3.45. The van der Waals surface area contributed by atoms with Crippen molar-refractivity contribution in [1.82, 2.24) is 15.2 Å². The average Bonchev–Trinajstić information content (AvgIpc) is 2.86. The monoisotopic (exact) mass is 303 g/mol. The van der Waals surface area contributed by atoms with Gasteiger partial charge in [-0.05, 0) is 12.1 Å². The van der Waals surface area contributed by atoms with Crippen LogP contribution in [0.4, 0.5) is 0 Å². The fourth-order valence-corrected chi connectivity index (χ4v) is 2.85. The Morgan fingerprint density at radius 2 is 2.00 bits per heavy atom. The Labute approximate surface area is 119 Å². The summed E-state index contributed by atoms with van der Waals surface area (Å²) in [6.07, 6.45) is 0. The number of morpholine rings is 1. The van der Waals surface area contributed by atoms with E-state index in [0.29, 0.717) is 44.7 Å². The number of sulfonamides is 1. The van der Waals surface area contributed by atoms with E-state index >= 15 is 0 Å². The lowest BCUT2D eigenvalue weighted by atomic mass is 10.3. The van der Waals surface area contributed by atoms with Gasteiger partial charge in [0.15, 0.2) is 0 Å². The highest BCUT2D eigenvalue weighted by atomic mass is 32.2. The average molecular weight is 303 g/mol. The number of rotatable bonds is 6. The maximum absolute atomic E-state index is 12.1. The van der Waals surface area contributed by atoms with Crippen LogP contribution >= 0.6 is 0 Å². The molecule has 0 radical (unpaired) electrons. The highest BCUT2D eigenvalue weighted by molar-refractivity contribution is 7.89. The van der Waals surface area contributed by atoms with E-state index in [2.05, 4.69) is 10.1 Å². The Bertz CT molecular complexity index is 521. The summed E-state index contributed by atoms with van der Waals surface area (Å²) in [7, 11) is -3.65. The summed E-state index contributed by atoms with van der Waals surface area (Å²) in [5.74, 6) is 0.598. The maximum atomic E-state index is 12.1. The van der Waals surface area contributed by atoms with Crippen LogP contribution in [0, 0.1) is 0 Å². The summed E-state index contributed by atoms with van der Waals surface area (Å²) in [4.78, 5) is 2.50. The highest BCUT2D eigenvalue weighted by Crippen LogP contribution is 2.14. The van der Waals surface area contributed by atoms with Crippen molar-refractivity contribution >= 4 is 10.0 Å². The van der Waals surface area contributed by atoms with E-state index < -0.39 is 10.0 Å². The molecule has 0 aliphatic carbocycles. The molecule has 1 aliphatic heterocycles. The molecule has 2 heterocycles. The second-order valence-electron chi connectivity index (χ2n) is 4.95. The third-order valence-electron chi connectivity index (χ3n) is 2.85. The van der Waals surface area contributed by atoms with Gasteiger partial charge < -0.3 is 14.5 Å². The summed E-state index contributed by atoms with van der Waals surface area (Å²) in [6.45, 7) is 6.63. The van der Waals surface area contributed by atoms with Crippen molar-refractivity contribution in [3.63, 3.8) is 0 Å². The third-order valence-corrected chi connectivity index (χ3v) is 4.09. The molecule has 0 aromatic carbocycles. The van der Waals surface area contributed by atoms with E-state index in [-0.39, 0.29) is 5.09 Å². The minimum Gasteiger partial charge on any atom is -0.447 e. The van der Waals surface area contributed by atoms with Crippen LogP contribution in [0.2, 0.25) is 0 Å². The van der Waals surface area contributed by atoms with Crippen molar-refractivity contribution in [2.75, 3.05) is 26.3 Å². The number of hydrogen-bond donors (Lipinski definition) is 2. The van der Waals surface area contributed by atoms with Gasteiger partial charge in [-0.25, -0.2) is 13.4 Å². The summed E-state index contributed by atoms with van der Waals surface area (Å²) < 4.78 is 34.8. The summed E-state index contributed by atoms with van der Waals surface area (Å²) in [5.41, 5.74) is 0. The van der Waals surface area contributed by atoms with Crippen molar-refractivity contribution in [3.8, 4) is 0 Å². The molecule has 20 heavy (non-hydrogen) atoms. The van der Waals surface area contributed by atoms with Gasteiger partial charge in [-0.1, -0.05) is 13.8 Å². The van der Waals surface area contributed by atoms with Crippen molar-refractivity contribution < 1.29 is 17.6 Å². The third kappa shape index (κ3) is 4.29. The molecule has 114 valence electrons. The van der Waals surface area contributed by atoms with E-state index in [1.165, 1.54) is 6.07 Å². The SMILES string of the molecule is CC(C)NCc1ccc(S(=O)(=O)NN2CCOCC2)o1. The number of nitrogens with zero attached hydrogens (tertiary/aromatic N) is 1. The first-order valence-corrected chi connectivity index (χ1v) is 8.13. The Morgan fingerprint density at radius 1 is 1.30 bits per heavy atom. The van der Waals surface area contributed by atoms with Gasteiger partial charge in [0.05, 0.1) is 19.8 Å². The van der Waals surface area contributed by atoms with Crippen LogP contribution < -0.4 is 10.1 Å². The van der Waals surface area contributed by atoms with Crippen molar-refractivity contribution in [2.45, 2.75) is 31.5 Å². The topological polar surface area (TPSA) is 83.8 Å². The van der Waals surface area contributed by atoms with Crippen LogP contribution in [-0.4, -0.2) is 45.8 Å². The molecular formula is C12H21N3O4S. The van der Waals surface area contributed by atoms with E-state index in [0.717, 1.165) is 0 Å². The first-order valence-electron chi connectivity index (χ1n) is 6.64. The predicted molar refractivity (Wildman–Crippen MR) is 73.4 cm³/mol. The molecule has 7 nitrogen and oxygen atoms in total. The van der Waals surface area contributed by atoms with Crippen LogP contribution in [-0.2, 0) is 21.3 Å². The molecule has 8 heteroatoms. The number of furan rings is 1. The van der Waals surface area contributed by atoms with Gasteiger partial charge in [-0.15, -0.1) is 4.83 Å². The molecule has 0 amide bonds. The van der Waals surface area contributed by atoms with Crippen LogP contribution in [0.25, 0.3) is 0 Å². The van der Waals surface area contributed by atoms with Crippen molar-refractivity contribution in [3.05, 3.63) is 17.9 Å². The van der Waals surface area contributed by atoms with E-state index in [4.69, 9.17) is 9.15 Å². The minimum atomic E-state index is -3.65. The van der Waals surface area contributed by atoms with E-state index in [9.17, 15) is 8.42 Å². The zero-order chi connectivity index (χ0) is 14.6. The molecule has 0 saturated carbocycles. The van der Waals surface area contributed by atoms with Gasteiger partial charge in [0.25, 0.3) is 10.0 Å². The summed E-state index contributed by atoms with van der Waals surface area (Å²) in [5, 5.41) is 4.73. The molecule has 2 N–H and O–H groups in total. The number of ether oxygens (including phenoxy) is 1. The molecule has 0 spiro atoms. The van der Waals surface area contributed by atoms with Gasteiger partial charge in [-0.3, -0.25) is 0 Å². The lowest BCUT2D eigenvalue weighted by Crippen LogP contribution is -2.48. The van der Waals surface area contributed by atoms with Gasteiger partial charge in [0.2, 0.25) is 5.09 Å². The normalized spacial score (nSPS) is 17.8. The lowest BCUT2D eigenvalue weighted by molar-refractivity contribution is 0.0270. The molecule has 1 aliphatic rings. The molecule has 1 saturated heterocycles. The number of hydrazine groups is 1. The predicted octanol–water partition coefficient (Wildman–Crippen LogP) is 0.303. The quantitative estimate of drug-likeness (QED) is 0.786. The van der Waals surface area contributed by atoms with Gasteiger partial charge >= 0.3 is 0 Å². The molecule has 1 fully saturated rings. The molecule has 1 aromatic rings. The van der Waals surface area contributed by atoms with E-state index in [1.807, 2.05) is 13.8 Å². The molecule has 0 bridgehead atoms. The molecule has 2 rings (SSSR count). The lowest BCUT2D eigenvalue weighted by Gasteiger charge is -2.26. The first kappa shape index (κ1) is 15.5. The molecule has 1 aromatic heterocycles. The van der Waals surface area contributed by atoms with Crippen LogP contribution in [0.5, 0.6) is 0 Å². The maximum Gasteiger partial charge on any atom is 0.286 e. The molecule has 0 unspecified atom stereocenters. The Kier molecular flexibility index (Phi) is 5.17. The largest absolute Gasteiger partial charge is 0.447 e. The van der Waals surface area contributed by atoms with Crippen molar-refractivity contribution in [1.29, 1.82) is 0 Å². The van der Waals surface area contributed by atoms with Crippen LogP contribution in [0.3, 0.4) is 0 Å². The second-order valence-corrected chi connectivity index (χ2v) is 6.54. The Morgan fingerprint density at radius 3 is 2.65 bits per heavy atom. The molecule has 0 atom stereocenters. The first-order chi connectivity index (χ1) is 9.47. The molecular weight excluding hydrogens is 282 g/mol. The smallest absolute Gasteiger partial charge is 0.286 e.